The molecular weight excluding hydrogens is 112 g/mol. The molecule has 0 bridgehead atoms. The lowest BCUT2D eigenvalue weighted by Crippen LogP contribution is -3.00. The summed E-state index contributed by atoms with van der Waals surface area (Å²) in [5, 5.41) is 0. The lowest BCUT2D eigenvalue weighted by Gasteiger charge is -1.94. The average molecular weight is 125 g/mol. The fourth-order valence-electron chi connectivity index (χ4n) is 0.365. The first kappa shape index (κ1) is 10.3. The zero-order valence-corrected chi connectivity index (χ0v) is 5.87. The number of hydrogen-bond donors (Lipinski definition) is 0. The van der Waals surface area contributed by atoms with E-state index in [1.165, 1.54) is 0 Å². The summed E-state index contributed by atoms with van der Waals surface area (Å²) >= 11 is 0. The first-order chi connectivity index (χ1) is 2.77. The van der Waals surface area contributed by atoms with E-state index in [1.807, 2.05) is 7.11 Å². The van der Waals surface area contributed by atoms with Crippen LogP contribution in [0.5, 0.6) is 0 Å². The van der Waals surface area contributed by atoms with E-state index in [1.54, 1.807) is 0 Å². The van der Waals surface area contributed by atoms with Crippen LogP contribution in [0.15, 0.2) is 0 Å². The van der Waals surface area contributed by atoms with Gasteiger partial charge in [-0.25, -0.2) is 0 Å². The van der Waals surface area contributed by atoms with E-state index in [-0.39, 0.29) is 12.4 Å². The molecule has 0 heterocycles. The molecule has 1 N–H and O–H groups in total. The standard InChI is InChI=1S/C5H12O.ClH/c1-5(2)4-6-3;/h5H,4H2,1-3H3;1H. The monoisotopic (exact) mass is 124 g/mol. The molecule has 0 aromatic heterocycles. The van der Waals surface area contributed by atoms with Crippen LogP contribution in [0.3, 0.4) is 0 Å². The Balaban J connectivity index is 0. The third-order valence-electron chi connectivity index (χ3n) is 0.548. The van der Waals surface area contributed by atoms with Crippen molar-refractivity contribution < 1.29 is 17.1 Å². The largest absolute Gasteiger partial charge is 1.00 e. The van der Waals surface area contributed by atoms with E-state index < -0.39 is 0 Å². The number of rotatable bonds is 2. The zero-order valence-electron chi connectivity index (χ0n) is 5.11. The Morgan fingerprint density at radius 1 is 1.43 bits per heavy atom. The summed E-state index contributed by atoms with van der Waals surface area (Å²) in [5.74, 6) is 0.731. The smallest absolute Gasteiger partial charge is 0.146 e. The molecule has 0 amide bonds. The highest BCUT2D eigenvalue weighted by molar-refractivity contribution is 4.34. The number of hydrogen-bond acceptors (Lipinski definition) is 0. The van der Waals surface area contributed by atoms with E-state index in [9.17, 15) is 0 Å². The van der Waals surface area contributed by atoms with Crippen LogP contribution >= 0.6 is 0 Å². The topological polar surface area (TPSA) is 12.8 Å². The van der Waals surface area contributed by atoms with Crippen molar-refractivity contribution in [3.63, 3.8) is 0 Å². The molecule has 0 atom stereocenters. The van der Waals surface area contributed by atoms with Gasteiger partial charge in [-0.05, 0) is 0 Å². The van der Waals surface area contributed by atoms with Crippen molar-refractivity contribution in [3.05, 3.63) is 0 Å². The molecule has 1 nitrogen and oxygen atoms in total. The number of aliphatic hydroxyl groups is 2. The fourth-order valence-corrected chi connectivity index (χ4v) is 0.365. The second-order valence-electron chi connectivity index (χ2n) is 1.89. The Kier molecular flexibility index (Phi) is 9.17. The van der Waals surface area contributed by atoms with Crippen LogP contribution < -0.4 is 12.4 Å². The molecule has 0 spiro atoms. The summed E-state index contributed by atoms with van der Waals surface area (Å²) in [6, 6.07) is 0. The predicted octanol–water partition coefficient (Wildman–Crippen LogP) is -2.20. The SMILES string of the molecule is C[OH+]CC(C)C.[Cl-]. The van der Waals surface area contributed by atoms with Gasteiger partial charge in [0.25, 0.3) is 0 Å². The number of ether oxygens (including phenoxy) is 1. The van der Waals surface area contributed by atoms with Gasteiger partial charge in [-0.3, -0.25) is 0 Å². The zero-order chi connectivity index (χ0) is 4.99. The predicted molar refractivity (Wildman–Crippen MR) is 27.8 cm³/mol. The van der Waals surface area contributed by atoms with Gasteiger partial charge in [0.1, 0.15) is 13.7 Å². The van der Waals surface area contributed by atoms with Gasteiger partial charge in [0.15, 0.2) is 0 Å². The Labute approximate surface area is 51.5 Å². The van der Waals surface area contributed by atoms with Crippen LogP contribution in [0.4, 0.5) is 0 Å². The molecular formula is C5H13ClO. The van der Waals surface area contributed by atoms with E-state index in [0.717, 1.165) is 12.5 Å². The maximum Gasteiger partial charge on any atom is 0.146 e. The first-order valence-corrected chi connectivity index (χ1v) is 2.33. The lowest BCUT2D eigenvalue weighted by atomic mass is 10.2. The van der Waals surface area contributed by atoms with Crippen molar-refractivity contribution >= 4 is 0 Å². The Morgan fingerprint density at radius 2 is 1.86 bits per heavy atom. The quantitative estimate of drug-likeness (QED) is 0.371. The highest BCUT2D eigenvalue weighted by Crippen LogP contribution is 1.86. The molecule has 0 aliphatic rings. The molecule has 0 radical (unpaired) electrons. The van der Waals surface area contributed by atoms with Crippen molar-refractivity contribution in [2.75, 3.05) is 13.7 Å². The minimum atomic E-state index is 0. The van der Waals surface area contributed by atoms with E-state index in [2.05, 4.69) is 18.6 Å². The third kappa shape index (κ3) is 10.7. The summed E-state index contributed by atoms with van der Waals surface area (Å²) in [6.07, 6.45) is 0. The summed E-state index contributed by atoms with van der Waals surface area (Å²) < 4.78 is 3.94. The lowest BCUT2D eigenvalue weighted by molar-refractivity contribution is -0.00404. The van der Waals surface area contributed by atoms with Gasteiger partial charge in [-0.15, -0.1) is 0 Å². The molecule has 7 heavy (non-hydrogen) atoms. The molecule has 0 saturated carbocycles. The molecule has 0 saturated heterocycles. The van der Waals surface area contributed by atoms with Crippen LogP contribution in [-0.2, 0) is 0 Å². The molecule has 0 fully saturated rings. The summed E-state index contributed by atoms with van der Waals surface area (Å²) in [6.45, 7) is 5.32. The molecule has 0 aliphatic heterocycles. The third-order valence-corrected chi connectivity index (χ3v) is 0.548. The van der Waals surface area contributed by atoms with Crippen LogP contribution in [-0.4, -0.2) is 18.5 Å². The van der Waals surface area contributed by atoms with E-state index in [0.29, 0.717) is 0 Å². The molecule has 0 rings (SSSR count). The van der Waals surface area contributed by atoms with Crippen molar-refractivity contribution in [2.24, 2.45) is 5.92 Å². The van der Waals surface area contributed by atoms with Crippen molar-refractivity contribution in [1.82, 2.24) is 0 Å². The van der Waals surface area contributed by atoms with E-state index >= 15 is 0 Å². The second-order valence-corrected chi connectivity index (χ2v) is 1.89. The van der Waals surface area contributed by atoms with Crippen LogP contribution in [0.1, 0.15) is 13.8 Å². The normalized spacial score (nSPS) is 8.57. The van der Waals surface area contributed by atoms with Crippen LogP contribution in [0, 0.1) is 5.92 Å². The Bertz CT molecular complexity index is 29.3. The van der Waals surface area contributed by atoms with E-state index in [4.69, 9.17) is 0 Å². The minimum Gasteiger partial charge on any atom is -1.00 e. The second kappa shape index (κ2) is 6.25. The maximum atomic E-state index is 3.94. The fraction of sp³-hybridized carbons (Fsp3) is 1.00. The van der Waals surface area contributed by atoms with Crippen molar-refractivity contribution in [2.45, 2.75) is 13.8 Å². The van der Waals surface area contributed by atoms with Gasteiger partial charge in [0, 0.05) is 5.92 Å². The highest BCUT2D eigenvalue weighted by Gasteiger charge is 1.90. The van der Waals surface area contributed by atoms with Gasteiger partial charge >= 0.3 is 0 Å². The summed E-state index contributed by atoms with van der Waals surface area (Å²) in [5.41, 5.74) is 0. The highest BCUT2D eigenvalue weighted by atomic mass is 35.5. The van der Waals surface area contributed by atoms with Crippen LogP contribution in [0.25, 0.3) is 0 Å². The Hall–Kier alpha value is 0.250. The van der Waals surface area contributed by atoms with Gasteiger partial charge in [0.2, 0.25) is 0 Å². The maximum absolute atomic E-state index is 3.94. The summed E-state index contributed by atoms with van der Waals surface area (Å²) in [4.78, 5) is 0. The molecule has 0 aliphatic carbocycles. The first-order valence-electron chi connectivity index (χ1n) is 2.33. The van der Waals surface area contributed by atoms with Gasteiger partial charge in [-0.2, -0.15) is 0 Å². The minimum absolute atomic E-state index is 0. The van der Waals surface area contributed by atoms with Gasteiger partial charge < -0.3 is 17.1 Å². The average Bonchev–Trinajstić information content (AvgIpc) is 1.35. The van der Waals surface area contributed by atoms with Gasteiger partial charge in [0.05, 0.1) is 0 Å². The van der Waals surface area contributed by atoms with Gasteiger partial charge in [-0.1, -0.05) is 13.8 Å². The molecule has 2 heteroatoms. The van der Waals surface area contributed by atoms with Crippen LogP contribution in [0.2, 0.25) is 0 Å². The number of halogens is 1. The molecule has 46 valence electrons. The van der Waals surface area contributed by atoms with Crippen molar-refractivity contribution in [1.29, 1.82) is 0 Å². The molecule has 0 aromatic carbocycles. The summed E-state index contributed by atoms with van der Waals surface area (Å²) in [7, 11) is 1.85. The molecule has 0 unspecified atom stereocenters. The Morgan fingerprint density at radius 3 is 1.86 bits per heavy atom. The molecule has 0 aromatic rings. The van der Waals surface area contributed by atoms with Crippen molar-refractivity contribution in [3.8, 4) is 0 Å².